The predicted octanol–water partition coefficient (Wildman–Crippen LogP) is 2.73. The van der Waals surface area contributed by atoms with Crippen molar-refractivity contribution in [2.24, 2.45) is 11.7 Å². The Labute approximate surface area is 102 Å². The summed E-state index contributed by atoms with van der Waals surface area (Å²) in [5.41, 5.74) is 10.1. The Morgan fingerprint density at radius 1 is 1.24 bits per heavy atom. The van der Waals surface area contributed by atoms with Gasteiger partial charge in [0, 0.05) is 12.1 Å². The van der Waals surface area contributed by atoms with Crippen molar-refractivity contribution in [1.82, 2.24) is 9.97 Å². The Hall–Kier alpha value is -1.61. The lowest BCUT2D eigenvalue weighted by atomic mass is 10.0. The third-order valence-corrected chi connectivity index (χ3v) is 2.79. The number of hydrogen-bond acceptors (Lipinski definition) is 2. The minimum atomic E-state index is 0.489. The molecule has 3 N–H and O–H groups in total. The van der Waals surface area contributed by atoms with Crippen LogP contribution >= 0.6 is 0 Å². The first kappa shape index (κ1) is 11.9. The van der Waals surface area contributed by atoms with E-state index < -0.39 is 0 Å². The summed E-state index contributed by atoms with van der Waals surface area (Å²) in [4.78, 5) is 7.38. The van der Waals surface area contributed by atoms with Gasteiger partial charge in [-0.1, -0.05) is 38.1 Å². The van der Waals surface area contributed by atoms with Crippen molar-refractivity contribution < 1.29 is 0 Å². The van der Waals surface area contributed by atoms with Crippen LogP contribution in [0.4, 0.5) is 0 Å². The van der Waals surface area contributed by atoms with Crippen LogP contribution in [0, 0.1) is 5.92 Å². The molecule has 0 aliphatic carbocycles. The van der Waals surface area contributed by atoms with E-state index in [1.54, 1.807) is 6.33 Å². The summed E-state index contributed by atoms with van der Waals surface area (Å²) in [5, 5.41) is 0. The van der Waals surface area contributed by atoms with Gasteiger partial charge < -0.3 is 10.7 Å². The highest BCUT2D eigenvalue weighted by atomic mass is 14.9. The van der Waals surface area contributed by atoms with Crippen molar-refractivity contribution in [3.63, 3.8) is 0 Å². The molecule has 0 saturated carbocycles. The van der Waals surface area contributed by atoms with Crippen molar-refractivity contribution in [3.8, 4) is 11.3 Å². The molecular weight excluding hydrogens is 210 g/mol. The first-order valence-electron chi connectivity index (χ1n) is 6.02. The Balaban J connectivity index is 2.23. The molecule has 0 spiro atoms. The van der Waals surface area contributed by atoms with E-state index in [2.05, 4.69) is 48.1 Å². The molecule has 0 bridgehead atoms. The van der Waals surface area contributed by atoms with Gasteiger partial charge >= 0.3 is 0 Å². The molecule has 1 heterocycles. The smallest absolute Gasteiger partial charge is 0.0929 e. The molecule has 0 aliphatic rings. The lowest BCUT2D eigenvalue weighted by molar-refractivity contribution is 0.647. The lowest BCUT2D eigenvalue weighted by Crippen LogP contribution is -1.99. The molecule has 1 aromatic heterocycles. The summed E-state index contributed by atoms with van der Waals surface area (Å²) in [6, 6.07) is 8.58. The van der Waals surface area contributed by atoms with E-state index in [4.69, 9.17) is 5.73 Å². The zero-order valence-corrected chi connectivity index (χ0v) is 10.4. The van der Waals surface area contributed by atoms with E-state index >= 15 is 0 Å². The number of rotatable bonds is 4. The summed E-state index contributed by atoms with van der Waals surface area (Å²) in [6.07, 6.45) is 2.81. The molecule has 0 amide bonds. The van der Waals surface area contributed by atoms with Crippen LogP contribution in [0.2, 0.25) is 0 Å². The van der Waals surface area contributed by atoms with Gasteiger partial charge in [-0.3, -0.25) is 0 Å². The third kappa shape index (κ3) is 2.74. The molecule has 0 aliphatic heterocycles. The van der Waals surface area contributed by atoms with Crippen LogP contribution < -0.4 is 5.73 Å². The zero-order valence-electron chi connectivity index (χ0n) is 10.4. The maximum Gasteiger partial charge on any atom is 0.0929 e. The van der Waals surface area contributed by atoms with E-state index in [9.17, 15) is 0 Å². The molecule has 2 rings (SSSR count). The highest BCUT2D eigenvalue weighted by molar-refractivity contribution is 5.62. The van der Waals surface area contributed by atoms with Gasteiger partial charge in [-0.25, -0.2) is 4.98 Å². The maximum absolute atomic E-state index is 5.66. The fourth-order valence-electron chi connectivity index (χ4n) is 2.00. The minimum Gasteiger partial charge on any atom is -0.347 e. The predicted molar refractivity (Wildman–Crippen MR) is 70.5 cm³/mol. The Morgan fingerprint density at radius 3 is 2.53 bits per heavy atom. The van der Waals surface area contributed by atoms with Crippen molar-refractivity contribution in [3.05, 3.63) is 41.9 Å². The van der Waals surface area contributed by atoms with Gasteiger partial charge in [0.15, 0.2) is 0 Å². The molecule has 0 atom stereocenters. The second kappa shape index (κ2) is 5.15. The van der Waals surface area contributed by atoms with Crippen molar-refractivity contribution >= 4 is 0 Å². The van der Waals surface area contributed by atoms with Crippen LogP contribution in [-0.4, -0.2) is 9.97 Å². The Morgan fingerprint density at radius 2 is 1.94 bits per heavy atom. The topological polar surface area (TPSA) is 54.7 Å². The molecular formula is C14H19N3. The number of nitrogens with one attached hydrogen (secondary N) is 1. The lowest BCUT2D eigenvalue weighted by Gasteiger charge is -2.06. The first-order chi connectivity index (χ1) is 8.20. The summed E-state index contributed by atoms with van der Waals surface area (Å²) < 4.78 is 0. The van der Waals surface area contributed by atoms with Gasteiger partial charge in [0.05, 0.1) is 17.7 Å². The third-order valence-electron chi connectivity index (χ3n) is 2.79. The van der Waals surface area contributed by atoms with Gasteiger partial charge in [0.2, 0.25) is 0 Å². The van der Waals surface area contributed by atoms with Crippen molar-refractivity contribution in [2.45, 2.75) is 26.8 Å². The van der Waals surface area contributed by atoms with Gasteiger partial charge in [-0.2, -0.15) is 0 Å². The van der Waals surface area contributed by atoms with E-state index in [1.165, 1.54) is 5.56 Å². The van der Waals surface area contributed by atoms with Crippen LogP contribution in [0.5, 0.6) is 0 Å². The number of H-pyrrole nitrogens is 1. The molecule has 0 radical (unpaired) electrons. The summed E-state index contributed by atoms with van der Waals surface area (Å²) >= 11 is 0. The average molecular weight is 229 g/mol. The number of benzene rings is 1. The van der Waals surface area contributed by atoms with Gasteiger partial charge in [0.1, 0.15) is 0 Å². The van der Waals surface area contributed by atoms with Crippen LogP contribution in [0.1, 0.15) is 25.1 Å². The molecule has 2 aromatic rings. The maximum atomic E-state index is 5.66. The number of aromatic nitrogens is 2. The molecule has 90 valence electrons. The highest BCUT2D eigenvalue weighted by Gasteiger charge is 2.06. The standard InChI is InChI=1S/C14H19N3/c1-10(2)7-11-3-5-12(6-4-11)14-13(8-15)16-9-17-14/h3-6,9-10H,7-8,15H2,1-2H3,(H,16,17). The first-order valence-corrected chi connectivity index (χ1v) is 6.02. The molecule has 0 saturated heterocycles. The van der Waals surface area contributed by atoms with Crippen LogP contribution in [0.25, 0.3) is 11.3 Å². The monoisotopic (exact) mass is 229 g/mol. The number of hydrogen-bond donors (Lipinski definition) is 2. The Bertz CT molecular complexity index is 468. The van der Waals surface area contributed by atoms with Crippen molar-refractivity contribution in [1.29, 1.82) is 0 Å². The molecule has 3 nitrogen and oxygen atoms in total. The minimum absolute atomic E-state index is 0.489. The second-order valence-corrected chi connectivity index (χ2v) is 4.73. The van der Waals surface area contributed by atoms with Crippen LogP contribution in [0.3, 0.4) is 0 Å². The normalized spacial score (nSPS) is 11.1. The molecule has 0 unspecified atom stereocenters. The van der Waals surface area contributed by atoms with Crippen LogP contribution in [-0.2, 0) is 13.0 Å². The fourth-order valence-corrected chi connectivity index (χ4v) is 2.00. The van der Waals surface area contributed by atoms with E-state index in [0.29, 0.717) is 12.5 Å². The quantitative estimate of drug-likeness (QED) is 0.847. The van der Waals surface area contributed by atoms with Crippen LogP contribution in [0.15, 0.2) is 30.6 Å². The number of nitrogens with two attached hydrogens (primary N) is 1. The van der Waals surface area contributed by atoms with Gasteiger partial charge in [-0.05, 0) is 17.9 Å². The SMILES string of the molecule is CC(C)Cc1ccc(-c2nc[nH]c2CN)cc1. The number of aromatic amines is 1. The average Bonchev–Trinajstić information content (AvgIpc) is 2.77. The number of nitrogens with zero attached hydrogens (tertiary/aromatic N) is 1. The van der Waals surface area contributed by atoms with E-state index in [-0.39, 0.29) is 0 Å². The van der Waals surface area contributed by atoms with Crippen molar-refractivity contribution in [2.75, 3.05) is 0 Å². The number of imidazole rings is 1. The fraction of sp³-hybridized carbons (Fsp3) is 0.357. The summed E-state index contributed by atoms with van der Waals surface area (Å²) in [6.45, 7) is 4.95. The second-order valence-electron chi connectivity index (χ2n) is 4.73. The largest absolute Gasteiger partial charge is 0.347 e. The Kier molecular flexibility index (Phi) is 3.59. The molecule has 0 fully saturated rings. The molecule has 3 heteroatoms. The molecule has 17 heavy (non-hydrogen) atoms. The zero-order chi connectivity index (χ0) is 12.3. The molecule has 1 aromatic carbocycles. The highest BCUT2D eigenvalue weighted by Crippen LogP contribution is 2.21. The summed E-state index contributed by atoms with van der Waals surface area (Å²) in [7, 11) is 0. The van der Waals surface area contributed by atoms with E-state index in [1.807, 2.05) is 0 Å². The van der Waals surface area contributed by atoms with Gasteiger partial charge in [0.25, 0.3) is 0 Å². The summed E-state index contributed by atoms with van der Waals surface area (Å²) in [5.74, 6) is 0.686. The van der Waals surface area contributed by atoms with Gasteiger partial charge in [-0.15, -0.1) is 0 Å². The van der Waals surface area contributed by atoms with E-state index in [0.717, 1.165) is 23.4 Å².